The first-order valence-electron chi connectivity index (χ1n) is 8.77. The van der Waals surface area contributed by atoms with Gasteiger partial charge in [-0.1, -0.05) is 30.3 Å². The summed E-state index contributed by atoms with van der Waals surface area (Å²) < 4.78 is 5.00. The minimum Gasteiger partial charge on any atom is -0.385 e. The normalized spacial score (nSPS) is 17.5. The van der Waals surface area contributed by atoms with Gasteiger partial charge in [-0.2, -0.15) is 5.10 Å². The summed E-state index contributed by atoms with van der Waals surface area (Å²) in [5, 5.41) is 10.3. The number of hydrogen-bond acceptors (Lipinski definition) is 4. The minimum absolute atomic E-state index is 0.0106. The first-order chi connectivity index (χ1) is 12.3. The molecule has 134 valence electrons. The lowest BCUT2D eigenvalue weighted by atomic mass is 9.97. The maximum absolute atomic E-state index is 12.3. The number of hydrogen-bond donors (Lipinski definition) is 2. The Hall–Kier alpha value is -2.41. The van der Waals surface area contributed by atoms with E-state index in [0.717, 1.165) is 37.2 Å². The zero-order valence-corrected chi connectivity index (χ0v) is 14.6. The van der Waals surface area contributed by atoms with Gasteiger partial charge in [0, 0.05) is 44.8 Å². The molecule has 2 heterocycles. The second kappa shape index (κ2) is 8.62. The molecule has 25 heavy (non-hydrogen) atoms. The summed E-state index contributed by atoms with van der Waals surface area (Å²) in [5.74, 6) is 1.76. The van der Waals surface area contributed by atoms with E-state index in [1.807, 2.05) is 35.2 Å². The van der Waals surface area contributed by atoms with Crippen molar-refractivity contribution in [1.82, 2.24) is 25.4 Å². The van der Waals surface area contributed by atoms with Gasteiger partial charge in [0.2, 0.25) is 0 Å². The molecule has 3 rings (SSSR count). The Balaban J connectivity index is 1.58. The number of ether oxygens (including phenoxy) is 1. The molecule has 7 heteroatoms. The molecule has 1 aliphatic heterocycles. The highest BCUT2D eigenvalue weighted by Crippen LogP contribution is 2.26. The molecule has 0 radical (unpaired) electrons. The number of likely N-dealkylation sites (tertiary alicyclic amines) is 1. The number of H-pyrrole nitrogens is 1. The fourth-order valence-electron chi connectivity index (χ4n) is 3.08. The highest BCUT2D eigenvalue weighted by atomic mass is 16.5. The van der Waals surface area contributed by atoms with Gasteiger partial charge in [0.1, 0.15) is 5.82 Å². The average Bonchev–Trinajstić information content (AvgIpc) is 3.16. The monoisotopic (exact) mass is 343 g/mol. The van der Waals surface area contributed by atoms with Crippen LogP contribution in [-0.2, 0) is 4.74 Å². The predicted octanol–water partition coefficient (Wildman–Crippen LogP) is 2.40. The van der Waals surface area contributed by atoms with Crippen molar-refractivity contribution >= 4 is 6.03 Å². The first-order valence-corrected chi connectivity index (χ1v) is 8.77. The van der Waals surface area contributed by atoms with E-state index in [-0.39, 0.29) is 11.9 Å². The third-order valence-electron chi connectivity index (χ3n) is 4.43. The van der Waals surface area contributed by atoms with E-state index in [1.54, 1.807) is 7.11 Å². The van der Waals surface area contributed by atoms with E-state index in [4.69, 9.17) is 4.74 Å². The zero-order chi connectivity index (χ0) is 17.5. The molecule has 2 aromatic rings. The number of benzene rings is 1. The van der Waals surface area contributed by atoms with Crippen LogP contribution >= 0.6 is 0 Å². The van der Waals surface area contributed by atoms with Crippen LogP contribution in [0.2, 0.25) is 0 Å². The summed E-state index contributed by atoms with van der Waals surface area (Å²) in [7, 11) is 1.66. The lowest BCUT2D eigenvalue weighted by molar-refractivity contribution is 0.173. The van der Waals surface area contributed by atoms with Crippen LogP contribution < -0.4 is 5.32 Å². The van der Waals surface area contributed by atoms with Gasteiger partial charge in [-0.05, 0) is 19.3 Å². The van der Waals surface area contributed by atoms with Crippen LogP contribution in [0.4, 0.5) is 4.79 Å². The van der Waals surface area contributed by atoms with E-state index in [9.17, 15) is 4.79 Å². The molecule has 1 aliphatic rings. The van der Waals surface area contributed by atoms with Gasteiger partial charge in [0.15, 0.2) is 5.82 Å². The predicted molar refractivity (Wildman–Crippen MR) is 95.3 cm³/mol. The molecule has 1 aromatic carbocycles. The van der Waals surface area contributed by atoms with Crippen molar-refractivity contribution in [3.8, 4) is 11.4 Å². The number of urea groups is 1. The lowest BCUT2D eigenvalue weighted by Gasteiger charge is -2.31. The topological polar surface area (TPSA) is 83.1 Å². The number of nitrogens with one attached hydrogen (secondary N) is 2. The van der Waals surface area contributed by atoms with Crippen LogP contribution in [0.1, 0.15) is 31.0 Å². The summed E-state index contributed by atoms with van der Waals surface area (Å²) in [4.78, 5) is 18.8. The SMILES string of the molecule is COCCCNC(=O)N1CCC[C@H](c2nc(-c3ccccc3)n[nH]2)C1. The van der Waals surface area contributed by atoms with Gasteiger partial charge in [0.05, 0.1) is 0 Å². The molecule has 2 amide bonds. The van der Waals surface area contributed by atoms with E-state index in [2.05, 4.69) is 20.5 Å². The van der Waals surface area contributed by atoms with Gasteiger partial charge in [-0.3, -0.25) is 5.10 Å². The third-order valence-corrected chi connectivity index (χ3v) is 4.43. The van der Waals surface area contributed by atoms with Crippen molar-refractivity contribution in [2.45, 2.75) is 25.2 Å². The van der Waals surface area contributed by atoms with Crippen molar-refractivity contribution in [1.29, 1.82) is 0 Å². The van der Waals surface area contributed by atoms with Gasteiger partial charge in [-0.25, -0.2) is 9.78 Å². The summed E-state index contributed by atoms with van der Waals surface area (Å²) >= 11 is 0. The highest BCUT2D eigenvalue weighted by Gasteiger charge is 2.27. The van der Waals surface area contributed by atoms with Crippen LogP contribution in [0, 0.1) is 0 Å². The van der Waals surface area contributed by atoms with Crippen molar-refractivity contribution in [3.63, 3.8) is 0 Å². The molecule has 2 N–H and O–H groups in total. The number of rotatable bonds is 6. The molecule has 0 unspecified atom stereocenters. The number of aromatic amines is 1. The first kappa shape index (κ1) is 17.4. The second-order valence-electron chi connectivity index (χ2n) is 6.27. The fourth-order valence-corrected chi connectivity index (χ4v) is 3.08. The Morgan fingerprint density at radius 2 is 2.24 bits per heavy atom. The Bertz CT molecular complexity index is 673. The quantitative estimate of drug-likeness (QED) is 0.789. The molecule has 1 aromatic heterocycles. The molecule has 0 aliphatic carbocycles. The molecule has 1 atom stereocenters. The maximum atomic E-state index is 12.3. The molecule has 7 nitrogen and oxygen atoms in total. The van der Waals surface area contributed by atoms with Crippen molar-refractivity contribution in [3.05, 3.63) is 36.2 Å². The van der Waals surface area contributed by atoms with Crippen LogP contribution in [0.15, 0.2) is 30.3 Å². The number of carbonyl (C=O) groups is 1. The number of nitrogens with zero attached hydrogens (tertiary/aromatic N) is 3. The molecule has 0 bridgehead atoms. The van der Waals surface area contributed by atoms with Gasteiger partial charge >= 0.3 is 6.03 Å². The van der Waals surface area contributed by atoms with E-state index < -0.39 is 0 Å². The van der Waals surface area contributed by atoms with E-state index >= 15 is 0 Å². The standard InChI is InChI=1S/C18H25N5O2/c1-25-12-6-10-19-18(24)23-11-5-9-15(13-23)17-20-16(21-22-17)14-7-3-2-4-8-14/h2-4,7-8,15H,5-6,9-13H2,1H3,(H,19,24)(H,20,21,22)/t15-/m0/s1. The Labute approximate surface area is 147 Å². The minimum atomic E-state index is -0.0106. The van der Waals surface area contributed by atoms with Crippen LogP contribution in [0.25, 0.3) is 11.4 Å². The molecule has 1 fully saturated rings. The van der Waals surface area contributed by atoms with Crippen molar-refractivity contribution < 1.29 is 9.53 Å². The number of amides is 2. The zero-order valence-electron chi connectivity index (χ0n) is 14.6. The lowest BCUT2D eigenvalue weighted by Crippen LogP contribution is -2.45. The van der Waals surface area contributed by atoms with Crippen molar-refractivity contribution in [2.75, 3.05) is 33.4 Å². The Kier molecular flexibility index (Phi) is 6.00. The van der Waals surface area contributed by atoms with Gasteiger partial charge in [-0.15, -0.1) is 0 Å². The maximum Gasteiger partial charge on any atom is 0.317 e. The summed E-state index contributed by atoms with van der Waals surface area (Å²) in [6, 6.07) is 9.90. The molecule has 1 saturated heterocycles. The summed E-state index contributed by atoms with van der Waals surface area (Å²) in [6.07, 6.45) is 2.80. The third kappa shape index (κ3) is 4.57. The number of methoxy groups -OCH3 is 1. The summed E-state index contributed by atoms with van der Waals surface area (Å²) in [6.45, 7) is 2.74. The highest BCUT2D eigenvalue weighted by molar-refractivity contribution is 5.74. The van der Waals surface area contributed by atoms with Gasteiger partial charge in [0.25, 0.3) is 0 Å². The fraction of sp³-hybridized carbons (Fsp3) is 0.500. The summed E-state index contributed by atoms with van der Waals surface area (Å²) in [5.41, 5.74) is 0.994. The Morgan fingerprint density at radius 3 is 3.04 bits per heavy atom. The average molecular weight is 343 g/mol. The Morgan fingerprint density at radius 1 is 1.40 bits per heavy atom. The van der Waals surface area contributed by atoms with E-state index in [1.165, 1.54) is 0 Å². The largest absolute Gasteiger partial charge is 0.385 e. The number of carbonyl (C=O) groups excluding carboxylic acids is 1. The van der Waals surface area contributed by atoms with Crippen LogP contribution in [0.3, 0.4) is 0 Å². The second-order valence-corrected chi connectivity index (χ2v) is 6.27. The number of aromatic nitrogens is 3. The molecular formula is C18H25N5O2. The smallest absolute Gasteiger partial charge is 0.317 e. The molecule has 0 saturated carbocycles. The van der Waals surface area contributed by atoms with Crippen molar-refractivity contribution in [2.24, 2.45) is 0 Å². The van der Waals surface area contributed by atoms with Crippen LogP contribution in [0.5, 0.6) is 0 Å². The molecule has 0 spiro atoms. The van der Waals surface area contributed by atoms with E-state index in [0.29, 0.717) is 25.5 Å². The number of piperidine rings is 1. The van der Waals surface area contributed by atoms with Gasteiger partial charge < -0.3 is 15.0 Å². The van der Waals surface area contributed by atoms with Crippen LogP contribution in [-0.4, -0.2) is 59.5 Å². The molecular weight excluding hydrogens is 318 g/mol.